The van der Waals surface area contributed by atoms with E-state index in [9.17, 15) is 4.79 Å². The summed E-state index contributed by atoms with van der Waals surface area (Å²) >= 11 is 3.36. The van der Waals surface area contributed by atoms with Crippen molar-refractivity contribution in [1.82, 2.24) is 20.2 Å². The first kappa shape index (κ1) is 12.3. The Morgan fingerprint density at radius 1 is 1.42 bits per heavy atom. The van der Waals surface area contributed by atoms with Gasteiger partial charge in [0, 0.05) is 10.4 Å². The highest BCUT2D eigenvalue weighted by Gasteiger charge is 2.28. The first-order valence-corrected chi connectivity index (χ1v) is 6.79. The minimum Gasteiger partial charge on any atom is -0.304 e. The Morgan fingerprint density at radius 2 is 2.21 bits per heavy atom. The van der Waals surface area contributed by atoms with E-state index in [2.05, 4.69) is 41.4 Å². The molecule has 7 heteroatoms. The number of aromatic nitrogens is 4. The van der Waals surface area contributed by atoms with E-state index in [1.807, 2.05) is 13.0 Å². The zero-order valence-corrected chi connectivity index (χ0v) is 11.9. The fourth-order valence-electron chi connectivity index (χ4n) is 1.70. The minimum atomic E-state index is -0.350. The molecule has 2 aromatic heterocycles. The lowest BCUT2D eigenvalue weighted by Gasteiger charge is -2.03. The van der Waals surface area contributed by atoms with Gasteiger partial charge in [-0.15, -0.1) is 5.10 Å². The third kappa shape index (κ3) is 2.65. The van der Waals surface area contributed by atoms with E-state index in [1.165, 1.54) is 0 Å². The standard InChI is InChI=1S/C12H12BrN5O/c1-6-8(13)4-5-9(14-6)15-12(19)11-16-10(17-18-11)7-2-3-7/h4-5,7H,2-3H2,1H3,(H,14,15,19)(H,16,17,18). The van der Waals surface area contributed by atoms with Gasteiger partial charge in [-0.25, -0.2) is 9.97 Å². The van der Waals surface area contributed by atoms with Crippen LogP contribution in [0.3, 0.4) is 0 Å². The number of hydrogen-bond acceptors (Lipinski definition) is 4. The van der Waals surface area contributed by atoms with Crippen LogP contribution in [-0.2, 0) is 0 Å². The van der Waals surface area contributed by atoms with Crippen LogP contribution in [0.5, 0.6) is 0 Å². The summed E-state index contributed by atoms with van der Waals surface area (Å²) in [6.45, 7) is 1.86. The number of pyridine rings is 1. The summed E-state index contributed by atoms with van der Waals surface area (Å²) in [5.41, 5.74) is 0.812. The highest BCUT2D eigenvalue weighted by Crippen LogP contribution is 2.37. The van der Waals surface area contributed by atoms with Gasteiger partial charge in [-0.3, -0.25) is 9.89 Å². The van der Waals surface area contributed by atoms with Crippen molar-refractivity contribution in [3.63, 3.8) is 0 Å². The number of aryl methyl sites for hydroxylation is 1. The smallest absolute Gasteiger partial charge is 0.296 e. The Kier molecular flexibility index (Phi) is 3.06. The van der Waals surface area contributed by atoms with Crippen molar-refractivity contribution in [1.29, 1.82) is 0 Å². The molecule has 1 amide bonds. The molecule has 1 saturated carbocycles. The summed E-state index contributed by atoms with van der Waals surface area (Å²) in [7, 11) is 0. The molecule has 2 aromatic rings. The van der Waals surface area contributed by atoms with Crippen LogP contribution in [0, 0.1) is 6.92 Å². The maximum atomic E-state index is 12.0. The molecule has 0 saturated heterocycles. The van der Waals surface area contributed by atoms with E-state index < -0.39 is 0 Å². The molecule has 0 aliphatic heterocycles. The van der Waals surface area contributed by atoms with Crippen LogP contribution >= 0.6 is 15.9 Å². The Labute approximate surface area is 118 Å². The zero-order chi connectivity index (χ0) is 13.4. The van der Waals surface area contributed by atoms with Gasteiger partial charge in [0.2, 0.25) is 5.82 Å². The predicted molar refractivity (Wildman–Crippen MR) is 73.0 cm³/mol. The molecule has 1 aliphatic rings. The molecule has 0 unspecified atom stereocenters. The lowest BCUT2D eigenvalue weighted by molar-refractivity contribution is 0.101. The minimum absolute atomic E-state index is 0.157. The van der Waals surface area contributed by atoms with E-state index >= 15 is 0 Å². The summed E-state index contributed by atoms with van der Waals surface area (Å²) in [6, 6.07) is 3.56. The monoisotopic (exact) mass is 321 g/mol. The summed E-state index contributed by atoms with van der Waals surface area (Å²) in [5, 5.41) is 9.42. The van der Waals surface area contributed by atoms with Crippen LogP contribution < -0.4 is 5.32 Å². The lowest BCUT2D eigenvalue weighted by Crippen LogP contribution is -2.15. The second kappa shape index (κ2) is 4.73. The maximum absolute atomic E-state index is 12.0. The van der Waals surface area contributed by atoms with E-state index in [0.29, 0.717) is 11.7 Å². The normalized spacial score (nSPS) is 14.4. The van der Waals surface area contributed by atoms with Gasteiger partial charge in [0.05, 0.1) is 5.69 Å². The second-order valence-electron chi connectivity index (χ2n) is 4.54. The van der Waals surface area contributed by atoms with Crippen molar-refractivity contribution < 1.29 is 4.79 Å². The van der Waals surface area contributed by atoms with Gasteiger partial charge in [-0.1, -0.05) is 0 Å². The zero-order valence-electron chi connectivity index (χ0n) is 10.3. The largest absolute Gasteiger partial charge is 0.304 e. The third-order valence-corrected chi connectivity index (χ3v) is 3.77. The average Bonchev–Trinajstić information content (AvgIpc) is 3.11. The SMILES string of the molecule is Cc1nc(NC(=O)c2n[nH]c(C3CC3)n2)ccc1Br. The first-order chi connectivity index (χ1) is 9.13. The van der Waals surface area contributed by atoms with E-state index in [4.69, 9.17) is 0 Å². The van der Waals surface area contributed by atoms with Crippen molar-refractivity contribution in [3.05, 3.63) is 33.9 Å². The van der Waals surface area contributed by atoms with Crippen LogP contribution in [0.25, 0.3) is 0 Å². The van der Waals surface area contributed by atoms with Gasteiger partial charge in [0.15, 0.2) is 0 Å². The predicted octanol–water partition coefficient (Wildman–Crippen LogP) is 2.40. The number of carbonyl (C=O) groups excluding carboxylic acids is 1. The molecule has 1 aliphatic carbocycles. The van der Waals surface area contributed by atoms with E-state index in [1.54, 1.807) is 6.07 Å². The second-order valence-corrected chi connectivity index (χ2v) is 5.39. The summed E-state index contributed by atoms with van der Waals surface area (Å²) < 4.78 is 0.902. The van der Waals surface area contributed by atoms with Crippen molar-refractivity contribution in [2.45, 2.75) is 25.7 Å². The van der Waals surface area contributed by atoms with Gasteiger partial charge in [-0.05, 0) is 47.8 Å². The molecule has 1 fully saturated rings. The highest BCUT2D eigenvalue weighted by molar-refractivity contribution is 9.10. The van der Waals surface area contributed by atoms with Crippen LogP contribution in [0.1, 0.15) is 40.9 Å². The number of halogens is 1. The number of carbonyl (C=O) groups is 1. The maximum Gasteiger partial charge on any atom is 0.296 e. The Hall–Kier alpha value is -1.76. The summed E-state index contributed by atoms with van der Waals surface area (Å²) in [4.78, 5) is 20.4. The quantitative estimate of drug-likeness (QED) is 0.909. The number of aromatic amines is 1. The van der Waals surface area contributed by atoms with E-state index in [-0.39, 0.29) is 11.7 Å². The number of amides is 1. The highest BCUT2D eigenvalue weighted by atomic mass is 79.9. The Balaban J connectivity index is 1.74. The molecule has 2 N–H and O–H groups in total. The first-order valence-electron chi connectivity index (χ1n) is 6.00. The molecule has 0 bridgehead atoms. The number of nitrogens with one attached hydrogen (secondary N) is 2. The van der Waals surface area contributed by atoms with Crippen LogP contribution in [0.4, 0.5) is 5.82 Å². The van der Waals surface area contributed by atoms with Crippen molar-refractivity contribution in [3.8, 4) is 0 Å². The van der Waals surface area contributed by atoms with Crippen LogP contribution in [-0.4, -0.2) is 26.1 Å². The molecule has 0 aromatic carbocycles. The molecular weight excluding hydrogens is 310 g/mol. The number of nitrogens with zero attached hydrogens (tertiary/aromatic N) is 3. The molecule has 6 nitrogen and oxygen atoms in total. The van der Waals surface area contributed by atoms with Gasteiger partial charge in [-0.2, -0.15) is 0 Å². The number of rotatable bonds is 3. The van der Waals surface area contributed by atoms with Gasteiger partial charge in [0.25, 0.3) is 5.91 Å². The number of H-pyrrole nitrogens is 1. The van der Waals surface area contributed by atoms with Gasteiger partial charge >= 0.3 is 0 Å². The molecule has 3 rings (SSSR count). The van der Waals surface area contributed by atoms with Crippen molar-refractivity contribution in [2.24, 2.45) is 0 Å². The molecule has 0 spiro atoms. The van der Waals surface area contributed by atoms with Crippen LogP contribution in [0.15, 0.2) is 16.6 Å². The topological polar surface area (TPSA) is 83.6 Å². The molecular formula is C12H12BrN5O. The molecule has 98 valence electrons. The molecule has 0 atom stereocenters. The number of hydrogen-bond donors (Lipinski definition) is 2. The third-order valence-electron chi connectivity index (χ3n) is 2.93. The summed E-state index contributed by atoms with van der Waals surface area (Å²) in [6.07, 6.45) is 2.23. The molecule has 0 radical (unpaired) electrons. The Bertz CT molecular complexity index is 635. The molecule has 19 heavy (non-hydrogen) atoms. The average molecular weight is 322 g/mol. The summed E-state index contributed by atoms with van der Waals surface area (Å²) in [5.74, 6) is 1.54. The number of anilines is 1. The molecule has 2 heterocycles. The fourth-order valence-corrected chi connectivity index (χ4v) is 1.92. The van der Waals surface area contributed by atoms with Gasteiger partial charge in [0.1, 0.15) is 11.6 Å². The lowest BCUT2D eigenvalue weighted by atomic mass is 10.3. The fraction of sp³-hybridized carbons (Fsp3) is 0.333. The Morgan fingerprint density at radius 3 is 2.89 bits per heavy atom. The van der Waals surface area contributed by atoms with Gasteiger partial charge < -0.3 is 5.32 Å². The van der Waals surface area contributed by atoms with Crippen LogP contribution in [0.2, 0.25) is 0 Å². The van der Waals surface area contributed by atoms with Crippen molar-refractivity contribution >= 4 is 27.7 Å². The van der Waals surface area contributed by atoms with E-state index in [0.717, 1.165) is 28.8 Å². The van der Waals surface area contributed by atoms with Crippen molar-refractivity contribution in [2.75, 3.05) is 5.32 Å².